The Morgan fingerprint density at radius 3 is 2.81 bits per heavy atom. The fourth-order valence-corrected chi connectivity index (χ4v) is 3.70. The molecule has 1 aromatic carbocycles. The first-order valence-corrected chi connectivity index (χ1v) is 8.12. The van der Waals surface area contributed by atoms with Gasteiger partial charge in [0.15, 0.2) is 0 Å². The highest BCUT2D eigenvalue weighted by atomic mass is 16.5. The molecular formula is C18H29NO2. The van der Waals surface area contributed by atoms with E-state index in [9.17, 15) is 0 Å². The van der Waals surface area contributed by atoms with E-state index in [4.69, 9.17) is 15.2 Å². The van der Waals surface area contributed by atoms with Crippen molar-refractivity contribution in [1.82, 2.24) is 0 Å². The molecule has 1 aliphatic carbocycles. The fraction of sp³-hybridized carbons (Fsp3) is 0.667. The number of para-hydroxylation sites is 1. The highest BCUT2D eigenvalue weighted by molar-refractivity contribution is 5.34. The van der Waals surface area contributed by atoms with Crippen molar-refractivity contribution >= 4 is 0 Å². The van der Waals surface area contributed by atoms with Gasteiger partial charge in [0.2, 0.25) is 0 Å². The van der Waals surface area contributed by atoms with Crippen LogP contribution in [-0.4, -0.2) is 25.4 Å². The molecule has 3 atom stereocenters. The summed E-state index contributed by atoms with van der Waals surface area (Å²) < 4.78 is 11.6. The van der Waals surface area contributed by atoms with Crippen molar-refractivity contribution in [1.29, 1.82) is 0 Å². The Morgan fingerprint density at radius 1 is 1.38 bits per heavy atom. The Hall–Kier alpha value is -1.06. The van der Waals surface area contributed by atoms with E-state index in [1.165, 1.54) is 18.4 Å². The number of nitrogens with two attached hydrogens (primary N) is 1. The lowest BCUT2D eigenvalue weighted by atomic mass is 9.73. The third kappa shape index (κ3) is 3.78. The summed E-state index contributed by atoms with van der Waals surface area (Å²) in [5.41, 5.74) is 7.60. The van der Waals surface area contributed by atoms with Gasteiger partial charge in [-0.05, 0) is 43.7 Å². The maximum absolute atomic E-state index is 6.61. The second kappa shape index (κ2) is 7.28. The molecule has 21 heavy (non-hydrogen) atoms. The van der Waals surface area contributed by atoms with Crippen molar-refractivity contribution in [3.05, 3.63) is 29.8 Å². The van der Waals surface area contributed by atoms with Crippen LogP contribution in [0.1, 0.15) is 45.1 Å². The molecule has 0 radical (unpaired) electrons. The Balaban J connectivity index is 2.16. The largest absolute Gasteiger partial charge is 0.496 e. The molecule has 0 bridgehead atoms. The van der Waals surface area contributed by atoms with Crippen molar-refractivity contribution in [3.63, 3.8) is 0 Å². The van der Waals surface area contributed by atoms with Gasteiger partial charge in [-0.3, -0.25) is 0 Å². The fourth-order valence-electron chi connectivity index (χ4n) is 3.70. The monoisotopic (exact) mass is 291 g/mol. The van der Waals surface area contributed by atoms with Crippen LogP contribution in [0, 0.1) is 5.92 Å². The van der Waals surface area contributed by atoms with E-state index in [2.05, 4.69) is 19.9 Å². The standard InChI is InChI=1S/C18H29NO2/c1-4-21-18(11-7-8-14(2)13-18)17(19)12-15-9-5-6-10-16(15)20-3/h5-6,9-10,14,17H,4,7-8,11-13,19H2,1-3H3. The summed E-state index contributed by atoms with van der Waals surface area (Å²) >= 11 is 0. The van der Waals surface area contributed by atoms with Gasteiger partial charge in [0.1, 0.15) is 5.75 Å². The van der Waals surface area contributed by atoms with Crippen molar-refractivity contribution in [2.45, 2.75) is 57.6 Å². The van der Waals surface area contributed by atoms with Gasteiger partial charge in [0.25, 0.3) is 0 Å². The summed E-state index contributed by atoms with van der Waals surface area (Å²) in [6.07, 6.45) is 5.44. The van der Waals surface area contributed by atoms with E-state index >= 15 is 0 Å². The van der Waals surface area contributed by atoms with Crippen LogP contribution in [0.2, 0.25) is 0 Å². The van der Waals surface area contributed by atoms with Crippen LogP contribution in [0.3, 0.4) is 0 Å². The summed E-state index contributed by atoms with van der Waals surface area (Å²) in [6.45, 7) is 5.10. The molecule has 2 rings (SSSR count). The molecule has 0 amide bonds. The van der Waals surface area contributed by atoms with Crippen LogP contribution in [-0.2, 0) is 11.2 Å². The second-order valence-electron chi connectivity index (χ2n) is 6.32. The Labute approximate surface area is 128 Å². The molecular weight excluding hydrogens is 262 g/mol. The molecule has 3 heteroatoms. The van der Waals surface area contributed by atoms with Gasteiger partial charge in [-0.1, -0.05) is 38.0 Å². The number of hydrogen-bond donors (Lipinski definition) is 1. The smallest absolute Gasteiger partial charge is 0.122 e. The Bertz CT molecular complexity index is 445. The van der Waals surface area contributed by atoms with Gasteiger partial charge < -0.3 is 15.2 Å². The molecule has 0 saturated heterocycles. The number of ether oxygens (including phenoxy) is 2. The third-order valence-corrected chi connectivity index (χ3v) is 4.73. The van der Waals surface area contributed by atoms with Crippen molar-refractivity contribution < 1.29 is 9.47 Å². The van der Waals surface area contributed by atoms with Crippen molar-refractivity contribution in [3.8, 4) is 5.75 Å². The van der Waals surface area contributed by atoms with E-state index in [0.29, 0.717) is 5.92 Å². The minimum atomic E-state index is -0.173. The quantitative estimate of drug-likeness (QED) is 0.871. The molecule has 0 heterocycles. The molecule has 3 nitrogen and oxygen atoms in total. The predicted molar refractivity (Wildman–Crippen MR) is 86.7 cm³/mol. The van der Waals surface area contributed by atoms with Gasteiger partial charge in [0.05, 0.1) is 12.7 Å². The first-order valence-electron chi connectivity index (χ1n) is 8.12. The SMILES string of the molecule is CCOC1(C(N)Cc2ccccc2OC)CCCC(C)C1. The minimum absolute atomic E-state index is 0.0106. The zero-order valence-electron chi connectivity index (χ0n) is 13.6. The Morgan fingerprint density at radius 2 is 2.14 bits per heavy atom. The molecule has 1 aromatic rings. The summed E-state index contributed by atoms with van der Waals surface area (Å²) in [5.74, 6) is 1.61. The Kier molecular flexibility index (Phi) is 5.65. The predicted octanol–water partition coefficient (Wildman–Crippen LogP) is 3.55. The molecule has 0 aromatic heterocycles. The van der Waals surface area contributed by atoms with Gasteiger partial charge in [-0.15, -0.1) is 0 Å². The zero-order chi connectivity index (χ0) is 15.3. The van der Waals surface area contributed by atoms with Gasteiger partial charge in [-0.25, -0.2) is 0 Å². The average molecular weight is 291 g/mol. The highest BCUT2D eigenvalue weighted by Crippen LogP contribution is 2.38. The molecule has 0 spiro atoms. The topological polar surface area (TPSA) is 44.5 Å². The van der Waals surface area contributed by atoms with Crippen LogP contribution in [0.4, 0.5) is 0 Å². The second-order valence-corrected chi connectivity index (χ2v) is 6.32. The first-order chi connectivity index (χ1) is 10.1. The number of hydrogen-bond acceptors (Lipinski definition) is 3. The van der Waals surface area contributed by atoms with E-state index < -0.39 is 0 Å². The molecule has 1 aliphatic rings. The summed E-state index contributed by atoms with van der Waals surface area (Å²) in [5, 5.41) is 0. The van der Waals surface area contributed by atoms with Gasteiger partial charge in [-0.2, -0.15) is 0 Å². The maximum Gasteiger partial charge on any atom is 0.122 e. The average Bonchev–Trinajstić information content (AvgIpc) is 2.48. The van der Waals surface area contributed by atoms with Crippen molar-refractivity contribution in [2.24, 2.45) is 11.7 Å². The molecule has 1 fully saturated rings. The lowest BCUT2D eigenvalue weighted by molar-refractivity contribution is -0.0925. The molecule has 0 aliphatic heterocycles. The number of rotatable bonds is 6. The lowest BCUT2D eigenvalue weighted by Gasteiger charge is -2.44. The maximum atomic E-state index is 6.61. The van der Waals surface area contributed by atoms with Crippen LogP contribution < -0.4 is 10.5 Å². The van der Waals surface area contributed by atoms with Crippen molar-refractivity contribution in [2.75, 3.05) is 13.7 Å². The molecule has 118 valence electrons. The number of benzene rings is 1. The number of methoxy groups -OCH3 is 1. The van der Waals surface area contributed by atoms with Crippen LogP contribution in [0.25, 0.3) is 0 Å². The van der Waals surface area contributed by atoms with E-state index in [-0.39, 0.29) is 11.6 Å². The first kappa shape index (κ1) is 16.3. The van der Waals surface area contributed by atoms with Crippen LogP contribution in [0.5, 0.6) is 5.75 Å². The highest BCUT2D eigenvalue weighted by Gasteiger charge is 2.41. The van der Waals surface area contributed by atoms with E-state index in [0.717, 1.165) is 31.6 Å². The molecule has 2 N–H and O–H groups in total. The zero-order valence-corrected chi connectivity index (χ0v) is 13.6. The van der Waals surface area contributed by atoms with Gasteiger partial charge >= 0.3 is 0 Å². The van der Waals surface area contributed by atoms with E-state index in [1.54, 1.807) is 7.11 Å². The van der Waals surface area contributed by atoms with Gasteiger partial charge in [0, 0.05) is 12.6 Å². The lowest BCUT2D eigenvalue weighted by Crippen LogP contribution is -2.53. The summed E-state index contributed by atoms with van der Waals surface area (Å²) in [6, 6.07) is 8.15. The normalized spacial score (nSPS) is 27.3. The minimum Gasteiger partial charge on any atom is -0.496 e. The summed E-state index contributed by atoms with van der Waals surface area (Å²) in [4.78, 5) is 0. The molecule has 3 unspecified atom stereocenters. The van der Waals surface area contributed by atoms with Crippen LogP contribution in [0.15, 0.2) is 24.3 Å². The van der Waals surface area contributed by atoms with Crippen LogP contribution >= 0.6 is 0 Å². The summed E-state index contributed by atoms with van der Waals surface area (Å²) in [7, 11) is 1.71. The molecule has 1 saturated carbocycles. The third-order valence-electron chi connectivity index (χ3n) is 4.73. The van der Waals surface area contributed by atoms with E-state index in [1.807, 2.05) is 18.2 Å².